The molecule has 3 N–H and O–H groups in total. The minimum absolute atomic E-state index is 0.0447. The Kier molecular flexibility index (Phi) is 5.96. The van der Waals surface area contributed by atoms with Crippen LogP contribution in [0.4, 0.5) is 0 Å². The smallest absolute Gasteiger partial charge is 0.368 e. The Morgan fingerprint density at radius 2 is 1.46 bits per heavy atom. The molecule has 0 saturated carbocycles. The van der Waals surface area contributed by atoms with Gasteiger partial charge in [-0.3, -0.25) is 0 Å². The summed E-state index contributed by atoms with van der Waals surface area (Å²) in [5.74, 6) is 0. The third-order valence-corrected chi connectivity index (χ3v) is 8.76. The first-order valence-electron chi connectivity index (χ1n) is 10.2. The van der Waals surface area contributed by atoms with Crippen molar-refractivity contribution in [3.8, 4) is 0 Å². The Morgan fingerprint density at radius 1 is 0.893 bits per heavy atom. The molecule has 2 aromatic carbocycles. The minimum atomic E-state index is -2.47. The molecule has 5 nitrogen and oxygen atoms in total. The zero-order chi connectivity index (χ0) is 19.6. The first-order valence-corrected chi connectivity index (χ1v) is 12.1. The maximum absolute atomic E-state index is 6.64. The summed E-state index contributed by atoms with van der Waals surface area (Å²) in [5, 5.41) is 3.67. The van der Waals surface area contributed by atoms with E-state index >= 15 is 0 Å². The standard InChI is InChI=1S/C22H30N2O3Si/c1-16-22-17(2)26-28(25-16,27-22)15-9-14-24-21(19-12-7-4-8-13-19)20(23)18-10-5-3-6-11-18/h3-8,10-13,16-17,20-22,24H,9,14-15,23H2,1-2H3. The van der Waals surface area contributed by atoms with E-state index in [1.54, 1.807) is 0 Å². The van der Waals surface area contributed by atoms with Crippen LogP contribution in [-0.4, -0.2) is 33.7 Å². The van der Waals surface area contributed by atoms with Gasteiger partial charge < -0.3 is 24.3 Å². The van der Waals surface area contributed by atoms with Gasteiger partial charge in [-0.15, -0.1) is 0 Å². The summed E-state index contributed by atoms with van der Waals surface area (Å²) in [6.45, 7) is 5.00. The van der Waals surface area contributed by atoms with Crippen LogP contribution in [-0.2, 0) is 13.3 Å². The normalized spacial score (nSPS) is 31.0. The van der Waals surface area contributed by atoms with Crippen molar-refractivity contribution in [1.29, 1.82) is 0 Å². The molecule has 4 atom stereocenters. The van der Waals surface area contributed by atoms with Crippen molar-refractivity contribution >= 4 is 8.80 Å². The van der Waals surface area contributed by atoms with E-state index in [4.69, 9.17) is 19.0 Å². The molecule has 2 saturated heterocycles. The average Bonchev–Trinajstić information content (AvgIpc) is 3.22. The first kappa shape index (κ1) is 19.8. The highest BCUT2D eigenvalue weighted by molar-refractivity contribution is 6.62. The number of nitrogens with two attached hydrogens (primary N) is 1. The van der Waals surface area contributed by atoms with Crippen molar-refractivity contribution in [2.45, 2.75) is 56.7 Å². The Labute approximate surface area is 168 Å². The van der Waals surface area contributed by atoms with Gasteiger partial charge in [-0.2, -0.15) is 0 Å². The fourth-order valence-corrected chi connectivity index (χ4v) is 7.61. The molecule has 4 unspecified atom stereocenters. The monoisotopic (exact) mass is 398 g/mol. The van der Waals surface area contributed by atoms with Crippen molar-refractivity contribution in [3.05, 3.63) is 71.8 Å². The molecular formula is C22H30N2O3Si. The van der Waals surface area contributed by atoms with E-state index < -0.39 is 8.80 Å². The molecule has 0 amide bonds. The van der Waals surface area contributed by atoms with Crippen LogP contribution in [0.1, 0.15) is 43.5 Å². The Hall–Kier alpha value is -1.54. The molecule has 150 valence electrons. The molecule has 2 heterocycles. The van der Waals surface area contributed by atoms with Gasteiger partial charge in [-0.05, 0) is 37.9 Å². The summed E-state index contributed by atoms with van der Waals surface area (Å²) in [7, 11) is -2.47. The lowest BCUT2D eigenvalue weighted by molar-refractivity contribution is 0.0405. The van der Waals surface area contributed by atoms with Crippen molar-refractivity contribution in [3.63, 3.8) is 0 Å². The third-order valence-electron chi connectivity index (χ3n) is 5.70. The van der Waals surface area contributed by atoms with Gasteiger partial charge in [0.2, 0.25) is 0 Å². The topological polar surface area (TPSA) is 65.7 Å². The molecule has 0 radical (unpaired) electrons. The van der Waals surface area contributed by atoms with Gasteiger partial charge in [0.15, 0.2) is 0 Å². The maximum Gasteiger partial charge on any atom is 0.502 e. The quantitative estimate of drug-likeness (QED) is 0.526. The number of hydrogen-bond acceptors (Lipinski definition) is 5. The summed E-state index contributed by atoms with van der Waals surface area (Å²) in [5.41, 5.74) is 8.97. The number of fused-ring (bicyclic) bond motifs is 2. The molecule has 0 aliphatic carbocycles. The van der Waals surface area contributed by atoms with Crippen LogP contribution < -0.4 is 11.1 Å². The van der Waals surface area contributed by atoms with Crippen molar-refractivity contribution in [2.24, 2.45) is 5.73 Å². The molecule has 0 aromatic heterocycles. The van der Waals surface area contributed by atoms with Crippen LogP contribution in [0.3, 0.4) is 0 Å². The van der Waals surface area contributed by atoms with Gasteiger partial charge >= 0.3 is 8.80 Å². The number of hydrogen-bond donors (Lipinski definition) is 2. The largest absolute Gasteiger partial charge is 0.502 e. The van der Waals surface area contributed by atoms with E-state index in [1.807, 2.05) is 24.3 Å². The molecule has 4 rings (SSSR count). The van der Waals surface area contributed by atoms with E-state index in [9.17, 15) is 0 Å². The molecule has 2 fully saturated rings. The van der Waals surface area contributed by atoms with Crippen LogP contribution in [0.2, 0.25) is 6.04 Å². The van der Waals surface area contributed by atoms with Gasteiger partial charge in [-0.25, -0.2) is 0 Å². The Balaban J connectivity index is 1.38. The first-order chi connectivity index (χ1) is 13.6. The van der Waals surface area contributed by atoms with Crippen molar-refractivity contribution in [1.82, 2.24) is 5.32 Å². The SMILES string of the molecule is CC1O[Si]2(CCCNC(c3ccccc3)C(N)c3ccccc3)OC(C)C1O2. The second-order valence-corrected chi connectivity index (χ2v) is 10.4. The van der Waals surface area contributed by atoms with Crippen LogP contribution in [0.25, 0.3) is 0 Å². The average molecular weight is 399 g/mol. The molecule has 2 aliphatic heterocycles. The maximum atomic E-state index is 6.64. The highest BCUT2D eigenvalue weighted by Crippen LogP contribution is 2.40. The van der Waals surface area contributed by atoms with Gasteiger partial charge in [0.1, 0.15) is 0 Å². The summed E-state index contributed by atoms with van der Waals surface area (Å²) < 4.78 is 18.3. The van der Waals surface area contributed by atoms with Crippen LogP contribution in [0.15, 0.2) is 60.7 Å². The molecule has 6 heteroatoms. The second kappa shape index (κ2) is 8.45. The molecule has 2 aliphatic rings. The summed E-state index contributed by atoms with van der Waals surface area (Å²) in [4.78, 5) is 0. The second-order valence-electron chi connectivity index (χ2n) is 7.79. The van der Waals surface area contributed by atoms with Crippen molar-refractivity contribution < 1.29 is 13.3 Å². The van der Waals surface area contributed by atoms with Crippen LogP contribution >= 0.6 is 0 Å². The van der Waals surface area contributed by atoms with Crippen LogP contribution in [0.5, 0.6) is 0 Å². The van der Waals surface area contributed by atoms with Gasteiger partial charge in [0.25, 0.3) is 0 Å². The zero-order valence-corrected chi connectivity index (χ0v) is 17.6. The van der Waals surface area contributed by atoms with E-state index in [1.165, 1.54) is 5.56 Å². The lowest BCUT2D eigenvalue weighted by Crippen LogP contribution is -2.44. The molecular weight excluding hydrogens is 368 g/mol. The van der Waals surface area contributed by atoms with E-state index in [0.717, 1.165) is 24.6 Å². The summed E-state index contributed by atoms with van der Waals surface area (Å²) in [6.07, 6.45) is 1.32. The van der Waals surface area contributed by atoms with Gasteiger partial charge in [0.05, 0.1) is 24.4 Å². The number of benzene rings is 2. The Morgan fingerprint density at radius 3 is 2.04 bits per heavy atom. The van der Waals surface area contributed by atoms with E-state index in [-0.39, 0.29) is 30.4 Å². The van der Waals surface area contributed by atoms with E-state index in [2.05, 4.69) is 55.6 Å². The zero-order valence-electron chi connectivity index (χ0n) is 16.6. The minimum Gasteiger partial charge on any atom is -0.368 e. The third kappa shape index (κ3) is 4.08. The van der Waals surface area contributed by atoms with Crippen molar-refractivity contribution in [2.75, 3.05) is 6.54 Å². The fourth-order valence-electron chi connectivity index (χ4n) is 4.28. The molecule has 0 spiro atoms. The molecule has 28 heavy (non-hydrogen) atoms. The fraction of sp³-hybridized carbons (Fsp3) is 0.455. The van der Waals surface area contributed by atoms with Crippen LogP contribution in [0, 0.1) is 0 Å². The highest BCUT2D eigenvalue weighted by atomic mass is 28.4. The molecule has 2 bridgehead atoms. The Bertz CT molecular complexity index is 749. The predicted molar refractivity (Wildman–Crippen MR) is 112 cm³/mol. The van der Waals surface area contributed by atoms with E-state index in [0.29, 0.717) is 0 Å². The lowest BCUT2D eigenvalue weighted by atomic mass is 9.94. The number of rotatable bonds is 8. The predicted octanol–water partition coefficient (Wildman–Crippen LogP) is 3.57. The van der Waals surface area contributed by atoms with Gasteiger partial charge in [-0.1, -0.05) is 60.7 Å². The lowest BCUT2D eigenvalue weighted by Gasteiger charge is -2.28. The summed E-state index contributed by atoms with van der Waals surface area (Å²) in [6, 6.07) is 21.4. The number of nitrogens with one attached hydrogen (secondary N) is 1. The summed E-state index contributed by atoms with van der Waals surface area (Å²) >= 11 is 0. The molecule has 2 aromatic rings. The van der Waals surface area contributed by atoms with Gasteiger partial charge in [0, 0.05) is 12.1 Å². The highest BCUT2D eigenvalue weighted by Gasteiger charge is 2.60.